The van der Waals surface area contributed by atoms with Crippen LogP contribution in [0.4, 0.5) is 13.2 Å². The van der Waals surface area contributed by atoms with Crippen LogP contribution >= 0.6 is 0 Å². The minimum atomic E-state index is -4.46. The zero-order valence-electron chi connectivity index (χ0n) is 9.29. The molecule has 1 aromatic rings. The molecule has 0 saturated heterocycles. The Hall–Kier alpha value is -2.10. The Morgan fingerprint density at radius 3 is 2.67 bits per heavy atom. The highest BCUT2D eigenvalue weighted by molar-refractivity contribution is 5.92. The fraction of sp³-hybridized carbons (Fsp3) is 0.364. The van der Waals surface area contributed by atoms with Gasteiger partial charge in [0.1, 0.15) is 5.69 Å². The summed E-state index contributed by atoms with van der Waals surface area (Å²) in [6, 6.07) is 3.73. The molecule has 1 N–H and O–H groups in total. The van der Waals surface area contributed by atoms with E-state index in [0.29, 0.717) is 19.0 Å². The first kappa shape index (κ1) is 14.0. The van der Waals surface area contributed by atoms with Crippen LogP contribution in [0.2, 0.25) is 0 Å². The van der Waals surface area contributed by atoms with E-state index in [1.54, 1.807) is 0 Å². The Morgan fingerprint density at radius 1 is 1.44 bits per heavy atom. The number of nitrogens with zero attached hydrogens (tertiary/aromatic N) is 2. The summed E-state index contributed by atoms with van der Waals surface area (Å²) in [5, 5.41) is 10.7. The molecule has 1 rings (SSSR count). The highest BCUT2D eigenvalue weighted by Crippen LogP contribution is 2.28. The van der Waals surface area contributed by atoms with Gasteiger partial charge in [-0.15, -0.1) is 0 Å². The molecule has 0 aliphatic rings. The van der Waals surface area contributed by atoms with Crippen molar-refractivity contribution in [2.24, 2.45) is 0 Å². The minimum absolute atomic E-state index is 0.0834. The third-order valence-corrected chi connectivity index (χ3v) is 2.07. The van der Waals surface area contributed by atoms with Crippen molar-refractivity contribution in [1.82, 2.24) is 10.3 Å². The van der Waals surface area contributed by atoms with Crippen molar-refractivity contribution in [3.8, 4) is 6.07 Å². The molecule has 0 aliphatic carbocycles. The quantitative estimate of drug-likeness (QED) is 0.840. The number of hydrogen-bond acceptors (Lipinski definition) is 3. The van der Waals surface area contributed by atoms with Crippen LogP contribution in [-0.4, -0.2) is 17.4 Å². The van der Waals surface area contributed by atoms with Crippen LogP contribution in [0.3, 0.4) is 0 Å². The van der Waals surface area contributed by atoms with Gasteiger partial charge in [-0.1, -0.05) is 0 Å². The number of aromatic nitrogens is 1. The SMILES string of the molecule is N#CCCCNC(=O)c1ccc(C(F)(F)F)cn1. The van der Waals surface area contributed by atoms with Crippen LogP contribution in [0, 0.1) is 11.3 Å². The number of amides is 1. The van der Waals surface area contributed by atoms with E-state index in [0.717, 1.165) is 12.1 Å². The first-order valence-corrected chi connectivity index (χ1v) is 5.13. The van der Waals surface area contributed by atoms with Crippen molar-refractivity contribution < 1.29 is 18.0 Å². The first-order chi connectivity index (χ1) is 8.45. The minimum Gasteiger partial charge on any atom is -0.351 e. The second kappa shape index (κ2) is 6.00. The van der Waals surface area contributed by atoms with Crippen LogP contribution in [0.25, 0.3) is 0 Å². The molecule has 0 radical (unpaired) electrons. The number of carbonyl (C=O) groups is 1. The maximum atomic E-state index is 12.2. The third kappa shape index (κ3) is 4.05. The van der Waals surface area contributed by atoms with Gasteiger partial charge in [-0.05, 0) is 18.6 Å². The van der Waals surface area contributed by atoms with Gasteiger partial charge in [-0.25, -0.2) is 0 Å². The number of hydrogen-bond donors (Lipinski definition) is 1. The van der Waals surface area contributed by atoms with E-state index in [2.05, 4.69) is 10.3 Å². The third-order valence-electron chi connectivity index (χ3n) is 2.07. The van der Waals surface area contributed by atoms with Gasteiger partial charge in [-0.2, -0.15) is 18.4 Å². The van der Waals surface area contributed by atoms with Gasteiger partial charge in [0, 0.05) is 19.2 Å². The Balaban J connectivity index is 2.57. The fourth-order valence-corrected chi connectivity index (χ4v) is 1.16. The Kier molecular flexibility index (Phi) is 4.66. The number of rotatable bonds is 4. The number of unbranched alkanes of at least 4 members (excludes halogenated alkanes) is 1. The standard InChI is InChI=1S/C11H10F3N3O/c12-11(13,14)8-3-4-9(17-7-8)10(18)16-6-2-1-5-15/h3-4,7H,1-2,6H2,(H,16,18). The van der Waals surface area contributed by atoms with Crippen molar-refractivity contribution >= 4 is 5.91 Å². The van der Waals surface area contributed by atoms with Crippen LogP contribution < -0.4 is 5.32 Å². The van der Waals surface area contributed by atoms with E-state index in [1.165, 1.54) is 0 Å². The first-order valence-electron chi connectivity index (χ1n) is 5.13. The molecule has 96 valence electrons. The second-order valence-corrected chi connectivity index (χ2v) is 3.45. The smallest absolute Gasteiger partial charge is 0.351 e. The molecule has 0 aliphatic heterocycles. The maximum absolute atomic E-state index is 12.2. The molecule has 0 saturated carbocycles. The Morgan fingerprint density at radius 2 is 2.17 bits per heavy atom. The number of nitriles is 1. The summed E-state index contributed by atoms with van der Waals surface area (Å²) in [6.07, 6.45) is -3.05. The number of nitrogens with one attached hydrogen (secondary N) is 1. The summed E-state index contributed by atoms with van der Waals surface area (Å²) < 4.78 is 36.7. The molecular formula is C11H10F3N3O. The summed E-state index contributed by atoms with van der Waals surface area (Å²) >= 11 is 0. The van der Waals surface area contributed by atoms with E-state index < -0.39 is 17.6 Å². The van der Waals surface area contributed by atoms with Gasteiger partial charge >= 0.3 is 6.18 Å². The largest absolute Gasteiger partial charge is 0.417 e. The topological polar surface area (TPSA) is 65.8 Å². The predicted octanol–water partition coefficient (Wildman–Crippen LogP) is 2.13. The molecule has 0 fully saturated rings. The molecule has 0 aromatic carbocycles. The highest BCUT2D eigenvalue weighted by atomic mass is 19.4. The summed E-state index contributed by atoms with van der Waals surface area (Å²) in [7, 11) is 0. The van der Waals surface area contributed by atoms with Crippen molar-refractivity contribution in [2.75, 3.05) is 6.54 Å². The monoisotopic (exact) mass is 257 g/mol. The highest BCUT2D eigenvalue weighted by Gasteiger charge is 2.30. The fourth-order valence-electron chi connectivity index (χ4n) is 1.16. The van der Waals surface area contributed by atoms with Gasteiger partial charge in [0.25, 0.3) is 5.91 Å². The molecule has 0 unspecified atom stereocenters. The lowest BCUT2D eigenvalue weighted by atomic mass is 10.2. The maximum Gasteiger partial charge on any atom is 0.417 e. The van der Waals surface area contributed by atoms with E-state index in [1.807, 2.05) is 6.07 Å². The van der Waals surface area contributed by atoms with Crippen molar-refractivity contribution in [3.63, 3.8) is 0 Å². The van der Waals surface area contributed by atoms with E-state index >= 15 is 0 Å². The summed E-state index contributed by atoms with van der Waals surface area (Å²) in [5.41, 5.74) is -0.983. The van der Waals surface area contributed by atoms with Crippen molar-refractivity contribution in [1.29, 1.82) is 5.26 Å². The number of alkyl halides is 3. The van der Waals surface area contributed by atoms with Crippen LogP contribution in [0.1, 0.15) is 28.9 Å². The second-order valence-electron chi connectivity index (χ2n) is 3.45. The van der Waals surface area contributed by atoms with Gasteiger partial charge in [0.15, 0.2) is 0 Å². The van der Waals surface area contributed by atoms with Gasteiger partial charge in [0.05, 0.1) is 11.6 Å². The van der Waals surface area contributed by atoms with E-state index in [9.17, 15) is 18.0 Å². The van der Waals surface area contributed by atoms with Gasteiger partial charge in [-0.3, -0.25) is 9.78 Å². The molecular weight excluding hydrogens is 247 g/mol. The molecule has 0 bridgehead atoms. The van der Waals surface area contributed by atoms with Gasteiger partial charge in [0.2, 0.25) is 0 Å². The molecule has 0 spiro atoms. The van der Waals surface area contributed by atoms with Crippen LogP contribution in [0.15, 0.2) is 18.3 Å². The molecule has 4 nitrogen and oxygen atoms in total. The molecule has 0 atom stereocenters. The Labute approximate surface area is 101 Å². The molecule has 1 heterocycles. The number of carbonyl (C=O) groups excluding carboxylic acids is 1. The average molecular weight is 257 g/mol. The summed E-state index contributed by atoms with van der Waals surface area (Å²) in [5.74, 6) is -0.554. The lowest BCUT2D eigenvalue weighted by molar-refractivity contribution is -0.137. The van der Waals surface area contributed by atoms with E-state index in [4.69, 9.17) is 5.26 Å². The number of halogens is 3. The van der Waals surface area contributed by atoms with Crippen molar-refractivity contribution in [2.45, 2.75) is 19.0 Å². The lowest BCUT2D eigenvalue weighted by Gasteiger charge is -2.07. The van der Waals surface area contributed by atoms with Crippen LogP contribution in [-0.2, 0) is 6.18 Å². The average Bonchev–Trinajstić information content (AvgIpc) is 2.33. The lowest BCUT2D eigenvalue weighted by Crippen LogP contribution is -2.25. The summed E-state index contributed by atoms with van der Waals surface area (Å²) in [6.45, 7) is 0.287. The van der Waals surface area contributed by atoms with E-state index in [-0.39, 0.29) is 12.2 Å². The zero-order chi connectivity index (χ0) is 13.6. The molecule has 18 heavy (non-hydrogen) atoms. The predicted molar refractivity (Wildman–Crippen MR) is 56.4 cm³/mol. The van der Waals surface area contributed by atoms with Crippen molar-refractivity contribution in [3.05, 3.63) is 29.6 Å². The summed E-state index contributed by atoms with van der Waals surface area (Å²) in [4.78, 5) is 14.9. The zero-order valence-corrected chi connectivity index (χ0v) is 9.29. The molecule has 7 heteroatoms. The normalized spacial score (nSPS) is 10.8. The molecule has 1 amide bonds. The number of pyridine rings is 1. The Bertz CT molecular complexity index is 448. The van der Waals surface area contributed by atoms with Gasteiger partial charge < -0.3 is 5.32 Å². The molecule has 1 aromatic heterocycles. The van der Waals surface area contributed by atoms with Crippen LogP contribution in [0.5, 0.6) is 0 Å².